The van der Waals surface area contributed by atoms with E-state index in [4.69, 9.17) is 5.11 Å². The van der Waals surface area contributed by atoms with Gasteiger partial charge in [0.1, 0.15) is 0 Å². The van der Waals surface area contributed by atoms with Gasteiger partial charge in [0.2, 0.25) is 0 Å². The predicted octanol–water partition coefficient (Wildman–Crippen LogP) is 2.42. The number of hydrogen-bond acceptors (Lipinski definition) is 4. The summed E-state index contributed by atoms with van der Waals surface area (Å²) in [6.07, 6.45) is 2.32. The van der Waals surface area contributed by atoms with E-state index in [2.05, 4.69) is 10.6 Å². The van der Waals surface area contributed by atoms with Crippen LogP contribution < -0.4 is 21.9 Å². The Kier molecular flexibility index (Phi) is 5.94. The second-order valence-electron chi connectivity index (χ2n) is 9.00. The van der Waals surface area contributed by atoms with Crippen molar-refractivity contribution in [1.29, 1.82) is 0 Å². The van der Waals surface area contributed by atoms with Gasteiger partial charge in [-0.15, -0.1) is 0 Å². The number of benzene rings is 1. The Bertz CT molecular complexity index is 1160. The number of nitrogens with zero attached hydrogens (tertiary/aromatic N) is 3. The molecule has 172 valence electrons. The van der Waals surface area contributed by atoms with Crippen LogP contribution in [0.1, 0.15) is 45.6 Å². The average Bonchev–Trinajstić information content (AvgIpc) is 3.55. The molecular formula is C22H29N5O5. The van der Waals surface area contributed by atoms with E-state index in [0.717, 1.165) is 12.8 Å². The summed E-state index contributed by atoms with van der Waals surface area (Å²) < 4.78 is 2.94. The molecule has 1 aromatic heterocycles. The number of hydrogen-bond donors (Lipinski definition) is 3. The second-order valence-corrected chi connectivity index (χ2v) is 9.00. The number of rotatable bonds is 5. The van der Waals surface area contributed by atoms with Gasteiger partial charge in [-0.1, -0.05) is 0 Å². The first-order valence-corrected chi connectivity index (χ1v) is 11.1. The van der Waals surface area contributed by atoms with Crippen molar-refractivity contribution in [3.8, 4) is 0 Å². The molecule has 3 N–H and O–H groups in total. The maximum atomic E-state index is 13.1. The predicted molar refractivity (Wildman–Crippen MR) is 120 cm³/mol. The fraction of sp³-hybridized carbons (Fsp3) is 0.545. The first-order valence-electron chi connectivity index (χ1n) is 11.1. The molecule has 1 saturated carbocycles. The molecule has 1 aromatic carbocycles. The van der Waals surface area contributed by atoms with Gasteiger partial charge in [-0.25, -0.2) is 14.4 Å². The summed E-state index contributed by atoms with van der Waals surface area (Å²) in [7, 11) is 0. The highest BCUT2D eigenvalue weighted by Gasteiger charge is 2.26. The number of urea groups is 1. The van der Waals surface area contributed by atoms with E-state index in [1.165, 1.54) is 4.57 Å². The van der Waals surface area contributed by atoms with Gasteiger partial charge in [-0.3, -0.25) is 13.9 Å². The quantitative estimate of drug-likeness (QED) is 0.654. The van der Waals surface area contributed by atoms with Gasteiger partial charge in [0.25, 0.3) is 5.56 Å². The van der Waals surface area contributed by atoms with Crippen molar-refractivity contribution < 1.29 is 14.7 Å². The number of fused-ring (bicyclic) bond motifs is 1. The molecule has 1 aliphatic heterocycles. The van der Waals surface area contributed by atoms with Crippen molar-refractivity contribution >= 4 is 28.7 Å². The van der Waals surface area contributed by atoms with Gasteiger partial charge < -0.3 is 20.6 Å². The summed E-state index contributed by atoms with van der Waals surface area (Å²) in [6, 6.07) is 4.22. The third kappa shape index (κ3) is 4.49. The minimum Gasteiger partial charge on any atom is -0.465 e. The Morgan fingerprint density at radius 3 is 2.59 bits per heavy atom. The van der Waals surface area contributed by atoms with Gasteiger partial charge in [-0.2, -0.15) is 0 Å². The van der Waals surface area contributed by atoms with E-state index in [9.17, 15) is 19.2 Å². The molecule has 2 aromatic rings. The molecule has 10 nitrogen and oxygen atoms in total. The second kappa shape index (κ2) is 8.68. The van der Waals surface area contributed by atoms with E-state index < -0.39 is 6.09 Å². The zero-order valence-corrected chi connectivity index (χ0v) is 18.3. The smallest absolute Gasteiger partial charge is 0.404 e. The molecule has 1 unspecified atom stereocenters. The number of amides is 3. The molecule has 0 spiro atoms. The first kappa shape index (κ1) is 21.9. The molecule has 2 aliphatic rings. The van der Waals surface area contributed by atoms with Crippen LogP contribution in [0.4, 0.5) is 15.3 Å². The van der Waals surface area contributed by atoms with E-state index in [1.807, 2.05) is 13.8 Å². The number of anilines is 1. The highest BCUT2D eigenvalue weighted by molar-refractivity contribution is 5.92. The molecule has 0 bridgehead atoms. The van der Waals surface area contributed by atoms with Crippen LogP contribution in [0.5, 0.6) is 0 Å². The van der Waals surface area contributed by atoms with Gasteiger partial charge in [0.05, 0.1) is 10.9 Å². The van der Waals surface area contributed by atoms with Gasteiger partial charge >= 0.3 is 17.8 Å². The number of aromatic nitrogens is 2. The van der Waals surface area contributed by atoms with E-state index in [1.54, 1.807) is 27.7 Å². The lowest BCUT2D eigenvalue weighted by molar-refractivity contribution is 0.166. The molecule has 1 atom stereocenters. The first-order chi connectivity index (χ1) is 15.2. The third-order valence-corrected chi connectivity index (χ3v) is 6.11. The van der Waals surface area contributed by atoms with Gasteiger partial charge in [-0.05, 0) is 63.6 Å². The van der Waals surface area contributed by atoms with Gasteiger partial charge in [0.15, 0.2) is 0 Å². The molecule has 3 amide bonds. The molecule has 1 saturated heterocycles. The number of carbonyl (C=O) groups excluding carboxylic acids is 1. The Hall–Kier alpha value is -3.30. The van der Waals surface area contributed by atoms with Crippen molar-refractivity contribution in [2.45, 2.75) is 58.2 Å². The zero-order chi connectivity index (χ0) is 23.0. The van der Waals surface area contributed by atoms with Crippen LogP contribution in [0, 0.1) is 5.92 Å². The van der Waals surface area contributed by atoms with Crippen LogP contribution in [0.25, 0.3) is 10.9 Å². The summed E-state index contributed by atoms with van der Waals surface area (Å²) in [5, 5.41) is 14.6. The summed E-state index contributed by atoms with van der Waals surface area (Å²) in [5.74, 6) is 0.368. The topological polar surface area (TPSA) is 126 Å². The fourth-order valence-corrected chi connectivity index (χ4v) is 4.34. The normalized spacial score (nSPS) is 18.7. The molecule has 32 heavy (non-hydrogen) atoms. The number of carbonyl (C=O) groups is 2. The largest absolute Gasteiger partial charge is 0.465 e. The lowest BCUT2D eigenvalue weighted by Crippen LogP contribution is -2.50. The van der Waals surface area contributed by atoms with Crippen LogP contribution in [-0.2, 0) is 6.54 Å². The maximum absolute atomic E-state index is 13.1. The van der Waals surface area contributed by atoms with Crippen molar-refractivity contribution in [2.24, 2.45) is 5.92 Å². The number of carboxylic acid groups (broad SMARTS) is 1. The molecule has 1 aliphatic carbocycles. The van der Waals surface area contributed by atoms with E-state index in [0.29, 0.717) is 48.4 Å². The van der Waals surface area contributed by atoms with Crippen molar-refractivity contribution in [1.82, 2.24) is 19.4 Å². The maximum Gasteiger partial charge on any atom is 0.404 e. The summed E-state index contributed by atoms with van der Waals surface area (Å²) in [4.78, 5) is 51.4. The zero-order valence-electron chi connectivity index (χ0n) is 18.3. The lowest BCUT2D eigenvalue weighted by atomic mass is 10.1. The third-order valence-electron chi connectivity index (χ3n) is 6.11. The van der Waals surface area contributed by atoms with Crippen LogP contribution in [0.2, 0.25) is 0 Å². The number of nitrogens with one attached hydrogen (secondary N) is 2. The molecular weight excluding hydrogens is 414 g/mol. The highest BCUT2D eigenvalue weighted by atomic mass is 16.4. The van der Waals surface area contributed by atoms with Gasteiger partial charge in [0, 0.05) is 37.4 Å². The van der Waals surface area contributed by atoms with Crippen molar-refractivity contribution in [2.75, 3.05) is 18.4 Å². The standard InChI is InChI=1S/C22H29N5O5/c1-13(2)27-18-8-7-15(10-17(18)19(28)26(22(27)32)11-14-5-6-14)23-20(29)25-9-3-4-16(12-25)24-21(30)31/h7-8,10,13-14,16,24H,3-6,9,11-12H2,1-2H3,(H,23,29)(H,30,31). The average molecular weight is 444 g/mol. The Morgan fingerprint density at radius 1 is 1.19 bits per heavy atom. The summed E-state index contributed by atoms with van der Waals surface area (Å²) in [6.45, 7) is 5.04. The summed E-state index contributed by atoms with van der Waals surface area (Å²) in [5.41, 5.74) is 0.364. The molecule has 4 rings (SSSR count). The highest BCUT2D eigenvalue weighted by Crippen LogP contribution is 2.30. The minimum absolute atomic E-state index is 0.122. The SMILES string of the molecule is CC(C)n1c(=O)n(CC2CC2)c(=O)c2cc(NC(=O)N3CCCC(NC(=O)O)C3)ccc21. The van der Waals surface area contributed by atoms with Crippen LogP contribution >= 0.6 is 0 Å². The summed E-state index contributed by atoms with van der Waals surface area (Å²) >= 11 is 0. The van der Waals surface area contributed by atoms with Crippen LogP contribution in [-0.4, -0.2) is 50.4 Å². The number of likely N-dealkylation sites (tertiary alicyclic amines) is 1. The minimum atomic E-state index is -1.11. The molecule has 2 heterocycles. The molecule has 10 heteroatoms. The fourth-order valence-electron chi connectivity index (χ4n) is 4.34. The van der Waals surface area contributed by atoms with Crippen LogP contribution in [0.3, 0.4) is 0 Å². The Balaban J connectivity index is 1.63. The monoisotopic (exact) mass is 443 g/mol. The lowest BCUT2D eigenvalue weighted by Gasteiger charge is -2.32. The van der Waals surface area contributed by atoms with E-state index in [-0.39, 0.29) is 35.9 Å². The Labute approximate surface area is 184 Å². The Morgan fingerprint density at radius 2 is 1.94 bits per heavy atom. The van der Waals surface area contributed by atoms with Crippen LogP contribution in [0.15, 0.2) is 27.8 Å². The van der Waals surface area contributed by atoms with Crippen molar-refractivity contribution in [3.05, 3.63) is 39.0 Å². The van der Waals surface area contributed by atoms with Crippen molar-refractivity contribution in [3.63, 3.8) is 0 Å². The number of piperidine rings is 1. The van der Waals surface area contributed by atoms with E-state index >= 15 is 0 Å². The molecule has 0 radical (unpaired) electrons. The molecule has 2 fully saturated rings.